The summed E-state index contributed by atoms with van der Waals surface area (Å²) < 4.78 is 6.18. The van der Waals surface area contributed by atoms with E-state index in [2.05, 4.69) is 9.97 Å². The zero-order chi connectivity index (χ0) is 17.4. The molecule has 2 heterocycles. The molecule has 6 heteroatoms. The maximum atomic E-state index is 12.7. The lowest BCUT2D eigenvalue weighted by atomic mass is 9.99. The van der Waals surface area contributed by atoms with Crippen molar-refractivity contribution >= 4 is 17.5 Å². The summed E-state index contributed by atoms with van der Waals surface area (Å²) in [7, 11) is 0. The molecule has 0 radical (unpaired) electrons. The molecule has 25 heavy (non-hydrogen) atoms. The van der Waals surface area contributed by atoms with Crippen LogP contribution in [0.5, 0.6) is 5.75 Å². The van der Waals surface area contributed by atoms with Crippen LogP contribution < -0.4 is 4.74 Å². The summed E-state index contributed by atoms with van der Waals surface area (Å²) in [5.74, 6) is 2.16. The van der Waals surface area contributed by atoms with Crippen LogP contribution in [0.2, 0.25) is 5.02 Å². The van der Waals surface area contributed by atoms with Crippen LogP contribution in [0.15, 0.2) is 36.5 Å². The van der Waals surface area contributed by atoms with Crippen molar-refractivity contribution in [3.63, 3.8) is 0 Å². The standard InChI is InChI=1S/C19H20ClN3O2/c1-12-21-9-8-16(22-12)19(24)23-10-13-6-7-17(14(13)11-23)25-18-5-3-2-4-15(18)20/h2-5,8-9,13-14,17H,6-7,10-11H2,1H3/t13-,14+,17-/m0/s1. The molecule has 2 fully saturated rings. The Morgan fingerprint density at radius 1 is 1.24 bits per heavy atom. The monoisotopic (exact) mass is 357 g/mol. The number of likely N-dealkylation sites (tertiary alicyclic amines) is 1. The average molecular weight is 358 g/mol. The van der Waals surface area contributed by atoms with Gasteiger partial charge in [0.15, 0.2) is 0 Å². The number of carbonyl (C=O) groups is 1. The quantitative estimate of drug-likeness (QED) is 0.845. The normalized spacial score (nSPS) is 25.0. The van der Waals surface area contributed by atoms with Crippen molar-refractivity contribution in [2.45, 2.75) is 25.9 Å². The van der Waals surface area contributed by atoms with Gasteiger partial charge in [0.1, 0.15) is 23.4 Å². The molecule has 1 aliphatic heterocycles. The first-order valence-electron chi connectivity index (χ1n) is 8.62. The minimum absolute atomic E-state index is 0.0172. The van der Waals surface area contributed by atoms with Crippen LogP contribution in [-0.4, -0.2) is 40.0 Å². The van der Waals surface area contributed by atoms with Crippen LogP contribution in [0.4, 0.5) is 0 Å². The molecule has 1 saturated carbocycles. The molecule has 1 amide bonds. The molecule has 1 aromatic carbocycles. The lowest BCUT2D eigenvalue weighted by Gasteiger charge is -2.22. The Labute approximate surface area is 152 Å². The summed E-state index contributed by atoms with van der Waals surface area (Å²) in [5, 5.41) is 0.633. The SMILES string of the molecule is Cc1nccc(C(=O)N2C[C@@H]3CC[C@H](Oc4ccccc4Cl)[C@@H]3C2)n1. The Morgan fingerprint density at radius 3 is 2.88 bits per heavy atom. The van der Waals surface area contributed by atoms with Crippen LogP contribution in [-0.2, 0) is 0 Å². The highest BCUT2D eigenvalue weighted by atomic mass is 35.5. The summed E-state index contributed by atoms with van der Waals surface area (Å²) in [6.45, 7) is 3.28. The molecule has 1 aromatic heterocycles. The van der Waals surface area contributed by atoms with E-state index < -0.39 is 0 Å². The molecule has 1 saturated heterocycles. The van der Waals surface area contributed by atoms with E-state index in [1.54, 1.807) is 19.2 Å². The zero-order valence-corrected chi connectivity index (χ0v) is 14.8. The van der Waals surface area contributed by atoms with Crippen molar-refractivity contribution in [1.82, 2.24) is 14.9 Å². The molecule has 0 unspecified atom stereocenters. The lowest BCUT2D eigenvalue weighted by Crippen LogP contribution is -2.33. The first kappa shape index (κ1) is 16.3. The first-order chi connectivity index (χ1) is 12.1. The van der Waals surface area contributed by atoms with E-state index in [0.29, 0.717) is 34.9 Å². The van der Waals surface area contributed by atoms with Gasteiger partial charge in [-0.05, 0) is 43.9 Å². The number of nitrogens with zero attached hydrogens (tertiary/aromatic N) is 3. The number of ether oxygens (including phenoxy) is 1. The van der Waals surface area contributed by atoms with Crippen LogP contribution in [0.25, 0.3) is 0 Å². The van der Waals surface area contributed by atoms with E-state index in [1.807, 2.05) is 29.2 Å². The Bertz CT molecular complexity index is 798. The van der Waals surface area contributed by atoms with Gasteiger partial charge < -0.3 is 9.64 Å². The van der Waals surface area contributed by atoms with Crippen molar-refractivity contribution in [1.29, 1.82) is 0 Å². The molecule has 0 N–H and O–H groups in total. The van der Waals surface area contributed by atoms with E-state index in [4.69, 9.17) is 16.3 Å². The number of aryl methyl sites for hydroxylation is 1. The smallest absolute Gasteiger partial charge is 0.272 e. The van der Waals surface area contributed by atoms with Gasteiger partial charge in [0.05, 0.1) is 5.02 Å². The molecule has 5 nitrogen and oxygen atoms in total. The van der Waals surface area contributed by atoms with Gasteiger partial charge in [-0.2, -0.15) is 0 Å². The summed E-state index contributed by atoms with van der Waals surface area (Å²) in [5.41, 5.74) is 0.469. The molecule has 2 aliphatic rings. The first-order valence-corrected chi connectivity index (χ1v) is 8.99. The van der Waals surface area contributed by atoms with E-state index >= 15 is 0 Å². The number of para-hydroxylation sites is 1. The fourth-order valence-electron chi connectivity index (χ4n) is 3.97. The number of hydrogen-bond acceptors (Lipinski definition) is 4. The molecular weight excluding hydrogens is 338 g/mol. The molecule has 0 bridgehead atoms. The average Bonchev–Trinajstić information content (AvgIpc) is 3.18. The molecular formula is C19H20ClN3O2. The third-order valence-electron chi connectivity index (χ3n) is 5.19. The van der Waals surface area contributed by atoms with Gasteiger partial charge in [-0.15, -0.1) is 0 Å². The molecule has 4 rings (SSSR count). The summed E-state index contributed by atoms with van der Waals surface area (Å²) >= 11 is 6.22. The largest absolute Gasteiger partial charge is 0.489 e. The van der Waals surface area contributed by atoms with Gasteiger partial charge in [-0.25, -0.2) is 9.97 Å². The minimum Gasteiger partial charge on any atom is -0.489 e. The van der Waals surface area contributed by atoms with Gasteiger partial charge >= 0.3 is 0 Å². The molecule has 0 spiro atoms. The van der Waals surface area contributed by atoms with E-state index in [-0.39, 0.29) is 12.0 Å². The van der Waals surface area contributed by atoms with Gasteiger partial charge in [0.2, 0.25) is 0 Å². The molecule has 3 atom stereocenters. The van der Waals surface area contributed by atoms with Gasteiger partial charge in [0.25, 0.3) is 5.91 Å². The summed E-state index contributed by atoms with van der Waals surface area (Å²) in [4.78, 5) is 22.9. The fourth-order valence-corrected chi connectivity index (χ4v) is 4.15. The number of aromatic nitrogens is 2. The third-order valence-corrected chi connectivity index (χ3v) is 5.50. The van der Waals surface area contributed by atoms with E-state index in [0.717, 1.165) is 25.1 Å². The van der Waals surface area contributed by atoms with Crippen LogP contribution >= 0.6 is 11.6 Å². The number of amides is 1. The Morgan fingerprint density at radius 2 is 2.08 bits per heavy atom. The summed E-state index contributed by atoms with van der Waals surface area (Å²) in [6.07, 6.45) is 3.83. The van der Waals surface area contributed by atoms with Crippen molar-refractivity contribution in [3.05, 3.63) is 53.1 Å². The van der Waals surface area contributed by atoms with Gasteiger partial charge in [-0.3, -0.25) is 4.79 Å². The van der Waals surface area contributed by atoms with Gasteiger partial charge in [0, 0.05) is 25.2 Å². The van der Waals surface area contributed by atoms with Crippen LogP contribution in [0.1, 0.15) is 29.2 Å². The Balaban J connectivity index is 1.46. The number of carbonyl (C=O) groups excluding carboxylic acids is 1. The topological polar surface area (TPSA) is 55.3 Å². The highest BCUT2D eigenvalue weighted by Crippen LogP contribution is 2.41. The minimum atomic E-state index is -0.0172. The maximum absolute atomic E-state index is 12.7. The predicted molar refractivity (Wildman–Crippen MR) is 94.8 cm³/mol. The molecule has 130 valence electrons. The Kier molecular flexibility index (Phi) is 4.34. The van der Waals surface area contributed by atoms with Crippen molar-refractivity contribution in [2.24, 2.45) is 11.8 Å². The molecule has 2 aromatic rings. The number of fused-ring (bicyclic) bond motifs is 1. The van der Waals surface area contributed by atoms with Crippen molar-refractivity contribution < 1.29 is 9.53 Å². The second kappa shape index (κ2) is 6.64. The second-order valence-electron chi connectivity index (χ2n) is 6.79. The van der Waals surface area contributed by atoms with E-state index in [9.17, 15) is 4.79 Å². The fraction of sp³-hybridized carbons (Fsp3) is 0.421. The van der Waals surface area contributed by atoms with Crippen LogP contribution in [0, 0.1) is 18.8 Å². The third kappa shape index (κ3) is 3.21. The van der Waals surface area contributed by atoms with Gasteiger partial charge in [-0.1, -0.05) is 23.7 Å². The van der Waals surface area contributed by atoms with Crippen molar-refractivity contribution in [2.75, 3.05) is 13.1 Å². The highest BCUT2D eigenvalue weighted by molar-refractivity contribution is 6.32. The number of halogens is 1. The van der Waals surface area contributed by atoms with Crippen LogP contribution in [0.3, 0.4) is 0 Å². The molecule has 1 aliphatic carbocycles. The number of hydrogen-bond donors (Lipinski definition) is 0. The zero-order valence-electron chi connectivity index (χ0n) is 14.1. The highest BCUT2D eigenvalue weighted by Gasteiger charge is 2.45. The lowest BCUT2D eigenvalue weighted by molar-refractivity contribution is 0.0756. The number of rotatable bonds is 3. The number of benzene rings is 1. The van der Waals surface area contributed by atoms with E-state index in [1.165, 1.54) is 0 Å². The second-order valence-corrected chi connectivity index (χ2v) is 7.19. The predicted octanol–water partition coefficient (Wildman–Crippen LogP) is 3.37. The maximum Gasteiger partial charge on any atom is 0.272 e. The van der Waals surface area contributed by atoms with Crippen molar-refractivity contribution in [3.8, 4) is 5.75 Å². The summed E-state index contributed by atoms with van der Waals surface area (Å²) in [6, 6.07) is 9.24. The Hall–Kier alpha value is -2.14.